The molecule has 0 saturated heterocycles. The number of carbonyl (C=O) groups is 1. The van der Waals surface area contributed by atoms with E-state index in [1.54, 1.807) is 13.8 Å². The summed E-state index contributed by atoms with van der Waals surface area (Å²) >= 11 is 6.11. The van der Waals surface area contributed by atoms with Gasteiger partial charge in [0.1, 0.15) is 11.3 Å². The average Bonchev–Trinajstić information content (AvgIpc) is 2.59. The molecule has 2 rings (SSSR count). The van der Waals surface area contributed by atoms with Crippen molar-refractivity contribution in [3.63, 3.8) is 0 Å². The maximum Gasteiger partial charge on any atom is 0.309 e. The van der Waals surface area contributed by atoms with Crippen molar-refractivity contribution in [1.82, 2.24) is 9.97 Å². The van der Waals surface area contributed by atoms with Gasteiger partial charge in [-0.15, -0.1) is 0 Å². The molecule has 1 aromatic heterocycles. The Kier molecular flexibility index (Phi) is 3.07. The van der Waals surface area contributed by atoms with Crippen LogP contribution >= 0.6 is 11.6 Å². The number of aromatic amines is 1. The standard InChI is InChI=1S/C13H15ClN2O2/c1-7-4-8(14)11-9(5-7)15-10(16-11)6-13(2,3)12(17)18/h4-5H,6H2,1-3H3,(H,15,16)(H,17,18). The summed E-state index contributed by atoms with van der Waals surface area (Å²) in [5, 5.41) is 9.69. The number of aromatic nitrogens is 2. The first kappa shape index (κ1) is 12.9. The largest absolute Gasteiger partial charge is 0.481 e. The predicted octanol–water partition coefficient (Wildman–Crippen LogP) is 3.18. The summed E-state index contributed by atoms with van der Waals surface area (Å²) in [6.45, 7) is 5.30. The SMILES string of the molecule is Cc1cc(Cl)c2nc(CC(C)(C)C(=O)O)[nH]c2c1. The molecule has 0 aliphatic heterocycles. The number of halogens is 1. The van der Waals surface area contributed by atoms with Gasteiger partial charge in [0.15, 0.2) is 0 Å². The number of aliphatic carboxylic acids is 1. The molecule has 1 aromatic carbocycles. The Morgan fingerprint density at radius 3 is 2.78 bits per heavy atom. The number of carboxylic acid groups (broad SMARTS) is 1. The third-order valence-corrected chi connectivity index (χ3v) is 3.21. The fourth-order valence-electron chi connectivity index (χ4n) is 1.84. The van der Waals surface area contributed by atoms with E-state index in [1.165, 1.54) is 0 Å². The van der Waals surface area contributed by atoms with Crippen LogP contribution in [-0.4, -0.2) is 21.0 Å². The van der Waals surface area contributed by atoms with Gasteiger partial charge in [-0.2, -0.15) is 0 Å². The molecule has 18 heavy (non-hydrogen) atoms. The third kappa shape index (κ3) is 2.34. The zero-order valence-electron chi connectivity index (χ0n) is 10.5. The number of H-pyrrole nitrogens is 1. The molecular formula is C13H15ClN2O2. The molecule has 0 aliphatic rings. The van der Waals surface area contributed by atoms with Crippen molar-refractivity contribution >= 4 is 28.6 Å². The van der Waals surface area contributed by atoms with Gasteiger partial charge in [0.25, 0.3) is 0 Å². The van der Waals surface area contributed by atoms with Crippen LogP contribution in [-0.2, 0) is 11.2 Å². The lowest BCUT2D eigenvalue weighted by Crippen LogP contribution is -2.26. The molecule has 2 N–H and O–H groups in total. The Bertz CT molecular complexity index is 617. The Morgan fingerprint density at radius 1 is 1.50 bits per heavy atom. The van der Waals surface area contributed by atoms with Crippen LogP contribution in [0.25, 0.3) is 11.0 Å². The molecule has 96 valence electrons. The van der Waals surface area contributed by atoms with Gasteiger partial charge in [-0.05, 0) is 38.5 Å². The van der Waals surface area contributed by atoms with E-state index in [2.05, 4.69) is 9.97 Å². The molecular weight excluding hydrogens is 252 g/mol. The topological polar surface area (TPSA) is 66.0 Å². The van der Waals surface area contributed by atoms with Gasteiger partial charge in [-0.3, -0.25) is 4.79 Å². The first-order valence-corrected chi connectivity index (χ1v) is 6.05. The molecule has 1 heterocycles. The van der Waals surface area contributed by atoms with Crippen molar-refractivity contribution in [1.29, 1.82) is 0 Å². The second kappa shape index (κ2) is 4.28. The molecule has 5 heteroatoms. The van der Waals surface area contributed by atoms with Gasteiger partial charge in [0.2, 0.25) is 0 Å². The van der Waals surface area contributed by atoms with E-state index in [-0.39, 0.29) is 0 Å². The lowest BCUT2D eigenvalue weighted by Gasteiger charge is -2.16. The fourth-order valence-corrected chi connectivity index (χ4v) is 2.16. The Hall–Kier alpha value is -1.55. The van der Waals surface area contributed by atoms with Crippen LogP contribution in [0, 0.1) is 12.3 Å². The quantitative estimate of drug-likeness (QED) is 0.897. The molecule has 0 bridgehead atoms. The monoisotopic (exact) mass is 266 g/mol. The maximum absolute atomic E-state index is 11.1. The van der Waals surface area contributed by atoms with Crippen molar-refractivity contribution in [3.05, 3.63) is 28.5 Å². The van der Waals surface area contributed by atoms with Crippen molar-refractivity contribution in [3.8, 4) is 0 Å². The van der Waals surface area contributed by atoms with Crippen LogP contribution in [0.5, 0.6) is 0 Å². The maximum atomic E-state index is 11.1. The molecule has 0 aliphatic carbocycles. The summed E-state index contributed by atoms with van der Waals surface area (Å²) in [5.74, 6) is -0.199. The van der Waals surface area contributed by atoms with Crippen LogP contribution in [0.4, 0.5) is 0 Å². The first-order valence-electron chi connectivity index (χ1n) is 5.68. The first-order chi connectivity index (χ1) is 8.29. The number of fused-ring (bicyclic) bond motifs is 1. The van der Waals surface area contributed by atoms with Crippen molar-refractivity contribution in [2.45, 2.75) is 27.2 Å². The summed E-state index contributed by atoms with van der Waals surface area (Å²) in [5.41, 5.74) is 1.73. The van der Waals surface area contributed by atoms with Gasteiger partial charge in [-0.25, -0.2) is 4.98 Å². The zero-order chi connectivity index (χ0) is 13.5. The molecule has 0 amide bonds. The highest BCUT2D eigenvalue weighted by molar-refractivity contribution is 6.35. The lowest BCUT2D eigenvalue weighted by molar-refractivity contribution is -0.146. The molecule has 0 unspecified atom stereocenters. The minimum absolute atomic E-state index is 0.340. The number of aryl methyl sites for hydroxylation is 1. The number of nitrogens with zero attached hydrogens (tertiary/aromatic N) is 1. The highest BCUT2D eigenvalue weighted by atomic mass is 35.5. The van der Waals surface area contributed by atoms with E-state index in [0.717, 1.165) is 11.1 Å². The van der Waals surface area contributed by atoms with Crippen LogP contribution in [0.2, 0.25) is 5.02 Å². The van der Waals surface area contributed by atoms with E-state index in [0.29, 0.717) is 22.8 Å². The summed E-state index contributed by atoms with van der Waals surface area (Å²) in [4.78, 5) is 18.6. The normalized spacial score (nSPS) is 12.0. The smallest absolute Gasteiger partial charge is 0.309 e. The molecule has 4 nitrogen and oxygen atoms in total. The predicted molar refractivity (Wildman–Crippen MR) is 71.0 cm³/mol. The number of rotatable bonds is 3. The minimum atomic E-state index is -0.852. The van der Waals surface area contributed by atoms with Crippen molar-refractivity contribution in [2.24, 2.45) is 5.41 Å². The van der Waals surface area contributed by atoms with Gasteiger partial charge < -0.3 is 10.1 Å². The van der Waals surface area contributed by atoms with E-state index in [4.69, 9.17) is 16.7 Å². The molecule has 0 spiro atoms. The van der Waals surface area contributed by atoms with E-state index in [9.17, 15) is 4.79 Å². The Labute approximate surface area is 110 Å². The number of hydrogen-bond donors (Lipinski definition) is 2. The van der Waals surface area contributed by atoms with Crippen molar-refractivity contribution in [2.75, 3.05) is 0 Å². The minimum Gasteiger partial charge on any atom is -0.481 e. The third-order valence-electron chi connectivity index (χ3n) is 2.92. The molecule has 0 saturated carbocycles. The Morgan fingerprint density at radius 2 is 2.17 bits per heavy atom. The zero-order valence-corrected chi connectivity index (χ0v) is 11.3. The summed E-state index contributed by atoms with van der Waals surface area (Å²) in [6.07, 6.45) is 0.340. The highest BCUT2D eigenvalue weighted by Gasteiger charge is 2.28. The highest BCUT2D eigenvalue weighted by Crippen LogP contribution is 2.26. The van der Waals surface area contributed by atoms with E-state index < -0.39 is 11.4 Å². The number of hydrogen-bond acceptors (Lipinski definition) is 2. The number of carboxylic acids is 1. The number of benzene rings is 1. The van der Waals surface area contributed by atoms with E-state index >= 15 is 0 Å². The van der Waals surface area contributed by atoms with Crippen LogP contribution in [0.3, 0.4) is 0 Å². The van der Waals surface area contributed by atoms with Gasteiger partial charge in [-0.1, -0.05) is 11.6 Å². The molecule has 0 radical (unpaired) electrons. The summed E-state index contributed by atoms with van der Waals surface area (Å²) in [6, 6.07) is 3.79. The van der Waals surface area contributed by atoms with Crippen LogP contribution < -0.4 is 0 Å². The number of nitrogens with one attached hydrogen (secondary N) is 1. The van der Waals surface area contributed by atoms with Crippen LogP contribution in [0.15, 0.2) is 12.1 Å². The molecule has 2 aromatic rings. The van der Waals surface area contributed by atoms with Gasteiger partial charge in [0.05, 0.1) is 16.0 Å². The van der Waals surface area contributed by atoms with E-state index in [1.807, 2.05) is 19.1 Å². The van der Waals surface area contributed by atoms with Crippen LogP contribution in [0.1, 0.15) is 25.2 Å². The molecule has 0 fully saturated rings. The average molecular weight is 267 g/mol. The lowest BCUT2D eigenvalue weighted by atomic mass is 9.89. The van der Waals surface area contributed by atoms with Gasteiger partial charge in [0, 0.05) is 6.42 Å². The summed E-state index contributed by atoms with van der Waals surface area (Å²) < 4.78 is 0. The Balaban J connectivity index is 2.42. The second-order valence-electron chi connectivity index (χ2n) is 5.19. The number of imidazole rings is 1. The molecule has 0 atom stereocenters. The van der Waals surface area contributed by atoms with Gasteiger partial charge >= 0.3 is 5.97 Å². The fraction of sp³-hybridized carbons (Fsp3) is 0.385. The van der Waals surface area contributed by atoms with Crippen molar-refractivity contribution < 1.29 is 9.90 Å². The summed E-state index contributed by atoms with van der Waals surface area (Å²) in [7, 11) is 0. The second-order valence-corrected chi connectivity index (χ2v) is 5.60.